The summed E-state index contributed by atoms with van der Waals surface area (Å²) >= 11 is 6.93. The Hall–Kier alpha value is -0.970. The summed E-state index contributed by atoms with van der Waals surface area (Å²) in [5.74, 6) is 0. The highest BCUT2D eigenvalue weighted by Gasteiger charge is 2.19. The van der Waals surface area contributed by atoms with E-state index < -0.39 is 10.1 Å². The average Bonchev–Trinajstić information content (AvgIpc) is 2.65. The SMILES string of the molecule is Nc1c(Br)cc(Br)cc1CNC1CCC(O)CC1.O=S(=O)(O)c1ccccc1. The summed E-state index contributed by atoms with van der Waals surface area (Å²) in [6.45, 7) is 0.768. The van der Waals surface area contributed by atoms with Crippen molar-refractivity contribution in [2.75, 3.05) is 5.73 Å². The molecule has 1 aliphatic rings. The molecule has 0 saturated heterocycles. The predicted molar refractivity (Wildman–Crippen MR) is 118 cm³/mol. The first-order valence-corrected chi connectivity index (χ1v) is 11.9. The Bertz CT molecular complexity index is 871. The minimum atomic E-state index is -4.00. The van der Waals surface area contributed by atoms with Crippen molar-refractivity contribution in [1.29, 1.82) is 0 Å². The number of aliphatic hydroxyl groups is 1. The van der Waals surface area contributed by atoms with Crippen molar-refractivity contribution in [3.05, 3.63) is 57.0 Å². The van der Waals surface area contributed by atoms with Crippen molar-refractivity contribution in [3.63, 3.8) is 0 Å². The number of nitrogens with two attached hydrogens (primary N) is 1. The van der Waals surface area contributed by atoms with E-state index in [1.54, 1.807) is 18.2 Å². The zero-order chi connectivity index (χ0) is 20.7. The molecule has 5 N–H and O–H groups in total. The fraction of sp³-hybridized carbons (Fsp3) is 0.368. The molecule has 9 heteroatoms. The van der Waals surface area contributed by atoms with Crippen LogP contribution in [0.1, 0.15) is 31.2 Å². The molecular weight excluding hydrogens is 512 g/mol. The summed E-state index contributed by atoms with van der Waals surface area (Å²) in [5, 5.41) is 13.0. The van der Waals surface area contributed by atoms with Crippen LogP contribution in [0.4, 0.5) is 5.69 Å². The highest BCUT2D eigenvalue weighted by Crippen LogP contribution is 2.28. The normalized spacial score (nSPS) is 19.6. The zero-order valence-corrected chi connectivity index (χ0v) is 19.2. The summed E-state index contributed by atoms with van der Waals surface area (Å²) < 4.78 is 31.2. The van der Waals surface area contributed by atoms with Gasteiger partial charge in [-0.25, -0.2) is 0 Å². The standard InChI is InChI=1S/C13H18Br2N2O.C6H6O3S/c14-9-5-8(13(16)12(15)6-9)7-17-10-1-3-11(18)4-2-10;7-10(8,9)6-4-2-1-3-5-6/h5-6,10-11,17-18H,1-4,7,16H2;1-5H,(H,7,8,9). The monoisotopic (exact) mass is 534 g/mol. The fourth-order valence-corrected chi connectivity index (χ4v) is 4.73. The lowest BCUT2D eigenvalue weighted by Gasteiger charge is -2.26. The van der Waals surface area contributed by atoms with E-state index in [-0.39, 0.29) is 11.0 Å². The van der Waals surface area contributed by atoms with E-state index in [2.05, 4.69) is 37.2 Å². The van der Waals surface area contributed by atoms with Crippen LogP contribution < -0.4 is 11.1 Å². The van der Waals surface area contributed by atoms with Crippen LogP contribution >= 0.6 is 31.9 Å². The molecule has 2 aromatic rings. The number of halogens is 2. The maximum absolute atomic E-state index is 10.4. The Morgan fingerprint density at radius 1 is 1.07 bits per heavy atom. The Labute approximate surface area is 182 Å². The van der Waals surface area contributed by atoms with Gasteiger partial charge in [0.05, 0.1) is 16.7 Å². The third-order valence-electron chi connectivity index (χ3n) is 4.50. The molecule has 154 valence electrons. The van der Waals surface area contributed by atoms with E-state index in [4.69, 9.17) is 10.3 Å². The maximum Gasteiger partial charge on any atom is 0.294 e. The largest absolute Gasteiger partial charge is 0.398 e. The van der Waals surface area contributed by atoms with Gasteiger partial charge in [-0.05, 0) is 71.4 Å². The van der Waals surface area contributed by atoms with E-state index in [9.17, 15) is 13.5 Å². The molecule has 0 amide bonds. The van der Waals surface area contributed by atoms with Crippen molar-refractivity contribution < 1.29 is 18.1 Å². The van der Waals surface area contributed by atoms with Crippen LogP contribution in [-0.4, -0.2) is 30.2 Å². The van der Waals surface area contributed by atoms with Crippen LogP contribution in [0.2, 0.25) is 0 Å². The topological polar surface area (TPSA) is 113 Å². The number of rotatable bonds is 4. The molecule has 0 aromatic heterocycles. The highest BCUT2D eigenvalue weighted by atomic mass is 79.9. The van der Waals surface area contributed by atoms with E-state index in [0.29, 0.717) is 6.04 Å². The summed E-state index contributed by atoms with van der Waals surface area (Å²) in [5.41, 5.74) is 7.93. The van der Waals surface area contributed by atoms with E-state index in [0.717, 1.165) is 52.4 Å². The fourth-order valence-electron chi connectivity index (χ4n) is 2.91. The smallest absolute Gasteiger partial charge is 0.294 e. The van der Waals surface area contributed by atoms with Gasteiger partial charge in [-0.15, -0.1) is 0 Å². The molecule has 0 heterocycles. The van der Waals surface area contributed by atoms with Gasteiger partial charge in [0.25, 0.3) is 10.1 Å². The van der Waals surface area contributed by atoms with Crippen LogP contribution in [0, 0.1) is 0 Å². The van der Waals surface area contributed by atoms with Gasteiger partial charge in [0, 0.05) is 21.5 Å². The van der Waals surface area contributed by atoms with Crippen molar-refractivity contribution in [1.82, 2.24) is 5.32 Å². The minimum Gasteiger partial charge on any atom is -0.398 e. The molecule has 28 heavy (non-hydrogen) atoms. The van der Waals surface area contributed by atoms with Crippen LogP contribution in [0.15, 0.2) is 56.3 Å². The van der Waals surface area contributed by atoms with Crippen molar-refractivity contribution in [3.8, 4) is 0 Å². The summed E-state index contributed by atoms with van der Waals surface area (Å²) in [6.07, 6.45) is 3.77. The molecule has 3 rings (SSSR count). The van der Waals surface area contributed by atoms with Gasteiger partial charge < -0.3 is 16.2 Å². The number of nitrogen functional groups attached to an aromatic ring is 1. The molecule has 2 aromatic carbocycles. The first-order chi connectivity index (χ1) is 13.2. The second kappa shape index (κ2) is 10.7. The Morgan fingerprint density at radius 3 is 2.21 bits per heavy atom. The molecule has 1 aliphatic carbocycles. The Kier molecular flexibility index (Phi) is 8.91. The van der Waals surface area contributed by atoms with Crippen molar-refractivity contribution in [2.45, 2.75) is 49.3 Å². The Balaban J connectivity index is 0.000000237. The third kappa shape index (κ3) is 7.46. The van der Waals surface area contributed by atoms with Crippen LogP contribution in [0.3, 0.4) is 0 Å². The minimum absolute atomic E-state index is 0.0741. The number of anilines is 1. The summed E-state index contributed by atoms with van der Waals surface area (Å²) in [6, 6.07) is 11.9. The lowest BCUT2D eigenvalue weighted by Crippen LogP contribution is -2.34. The van der Waals surface area contributed by atoms with Gasteiger partial charge >= 0.3 is 0 Å². The lowest BCUT2D eigenvalue weighted by molar-refractivity contribution is 0.116. The molecule has 0 spiro atoms. The van der Waals surface area contributed by atoms with Crippen molar-refractivity contribution >= 4 is 47.7 Å². The Morgan fingerprint density at radius 2 is 1.68 bits per heavy atom. The average molecular weight is 536 g/mol. The van der Waals surface area contributed by atoms with Gasteiger partial charge in [0.2, 0.25) is 0 Å². The molecule has 0 atom stereocenters. The molecule has 0 radical (unpaired) electrons. The predicted octanol–water partition coefficient (Wildman–Crippen LogP) is 4.12. The van der Waals surface area contributed by atoms with E-state index in [1.807, 2.05) is 12.1 Å². The summed E-state index contributed by atoms with van der Waals surface area (Å²) in [7, 11) is -4.00. The number of nitrogens with one attached hydrogen (secondary N) is 1. The molecule has 0 unspecified atom stereocenters. The molecule has 6 nitrogen and oxygen atoms in total. The van der Waals surface area contributed by atoms with Crippen molar-refractivity contribution in [2.24, 2.45) is 0 Å². The van der Waals surface area contributed by atoms with Gasteiger partial charge in [-0.2, -0.15) is 8.42 Å². The van der Waals surface area contributed by atoms with E-state index >= 15 is 0 Å². The van der Waals surface area contributed by atoms with E-state index in [1.165, 1.54) is 12.1 Å². The lowest BCUT2D eigenvalue weighted by atomic mass is 9.93. The van der Waals surface area contributed by atoms with Gasteiger partial charge in [-0.1, -0.05) is 34.1 Å². The van der Waals surface area contributed by atoms with Crippen LogP contribution in [-0.2, 0) is 16.7 Å². The third-order valence-corrected chi connectivity index (χ3v) is 6.48. The van der Waals surface area contributed by atoms with Crippen LogP contribution in [0.25, 0.3) is 0 Å². The van der Waals surface area contributed by atoms with Gasteiger partial charge in [0.15, 0.2) is 0 Å². The molecule has 1 saturated carbocycles. The summed E-state index contributed by atoms with van der Waals surface area (Å²) in [4.78, 5) is -0.0741. The number of benzene rings is 2. The molecule has 0 aliphatic heterocycles. The molecule has 0 bridgehead atoms. The molecular formula is C19H24Br2N2O4S. The quantitative estimate of drug-likeness (QED) is 0.346. The zero-order valence-electron chi connectivity index (χ0n) is 15.2. The number of hydrogen-bond donors (Lipinski definition) is 4. The first kappa shape index (κ1) is 23.3. The van der Waals surface area contributed by atoms with Gasteiger partial charge in [-0.3, -0.25) is 4.55 Å². The van der Waals surface area contributed by atoms with Gasteiger partial charge in [0.1, 0.15) is 0 Å². The number of hydrogen-bond acceptors (Lipinski definition) is 5. The maximum atomic E-state index is 10.4. The second-order valence-electron chi connectivity index (χ2n) is 6.63. The highest BCUT2D eigenvalue weighted by molar-refractivity contribution is 9.11. The molecule has 1 fully saturated rings. The van der Waals surface area contributed by atoms with Crippen LogP contribution in [0.5, 0.6) is 0 Å². The second-order valence-corrected chi connectivity index (χ2v) is 9.83. The number of aliphatic hydroxyl groups excluding tert-OH is 1. The first-order valence-electron chi connectivity index (χ1n) is 8.84.